The van der Waals surface area contributed by atoms with E-state index in [9.17, 15) is 4.79 Å². The minimum absolute atomic E-state index is 0.232. The molecule has 0 spiro atoms. The molecule has 0 saturated carbocycles. The number of rotatable bonds is 7. The van der Waals surface area contributed by atoms with Crippen molar-refractivity contribution in [2.24, 2.45) is 5.73 Å². The Hall–Kier alpha value is -2.31. The zero-order chi connectivity index (χ0) is 15.9. The molecule has 2 rings (SSSR count). The Kier molecular flexibility index (Phi) is 5.57. The van der Waals surface area contributed by atoms with Gasteiger partial charge in [0.25, 0.3) is 5.91 Å². The summed E-state index contributed by atoms with van der Waals surface area (Å²) in [6.45, 7) is 1.74. The summed E-state index contributed by atoms with van der Waals surface area (Å²) in [5.41, 5.74) is 6.59. The van der Waals surface area contributed by atoms with Gasteiger partial charge >= 0.3 is 0 Å². The smallest absolute Gasteiger partial charge is 0.258 e. The molecule has 2 aromatic rings. The van der Waals surface area contributed by atoms with Gasteiger partial charge in [-0.2, -0.15) is 0 Å². The van der Waals surface area contributed by atoms with Gasteiger partial charge in [0.05, 0.1) is 12.1 Å². The third-order valence-electron chi connectivity index (χ3n) is 3.04. The molecule has 1 heterocycles. The van der Waals surface area contributed by atoms with Gasteiger partial charge in [-0.1, -0.05) is 0 Å². The molecule has 0 aliphatic carbocycles. The first-order valence-electron chi connectivity index (χ1n) is 7.05. The molecule has 22 heavy (non-hydrogen) atoms. The van der Waals surface area contributed by atoms with Crippen molar-refractivity contribution < 1.29 is 13.9 Å². The number of benzene rings is 1. The molecule has 3 N–H and O–H groups in total. The Morgan fingerprint density at radius 3 is 2.64 bits per heavy atom. The number of carbonyl (C=O) groups excluding carboxylic acids is 1. The molecule has 0 aliphatic rings. The van der Waals surface area contributed by atoms with Crippen molar-refractivity contribution in [1.82, 2.24) is 4.90 Å². The second-order valence-electron chi connectivity index (χ2n) is 5.14. The fourth-order valence-electron chi connectivity index (χ4n) is 1.79. The van der Waals surface area contributed by atoms with Gasteiger partial charge in [-0.3, -0.25) is 4.79 Å². The summed E-state index contributed by atoms with van der Waals surface area (Å²) in [7, 11) is 3.99. The van der Waals surface area contributed by atoms with Gasteiger partial charge in [0, 0.05) is 12.2 Å². The predicted molar refractivity (Wildman–Crippen MR) is 85.0 cm³/mol. The lowest BCUT2D eigenvalue weighted by Crippen LogP contribution is -2.19. The molecule has 118 valence electrons. The first-order chi connectivity index (χ1) is 10.6. The molecule has 0 atom stereocenters. The summed E-state index contributed by atoms with van der Waals surface area (Å²) in [5, 5.41) is 2.79. The standard InChI is InChI=1S/C16H21N3O3/c1-19(2)7-8-21-14-5-3-13(4-6-14)18-16(20)12-9-15(10-17)22-11-12/h3-6,9,11H,7-8,10,17H2,1-2H3,(H,18,20). The number of hydrogen-bond donors (Lipinski definition) is 2. The van der Waals surface area contributed by atoms with Gasteiger partial charge in [0.1, 0.15) is 24.4 Å². The summed E-state index contributed by atoms with van der Waals surface area (Å²) in [4.78, 5) is 14.1. The Morgan fingerprint density at radius 1 is 1.32 bits per heavy atom. The topological polar surface area (TPSA) is 80.7 Å². The highest BCUT2D eigenvalue weighted by Crippen LogP contribution is 2.17. The Bertz CT molecular complexity index is 605. The number of nitrogens with zero attached hydrogens (tertiary/aromatic N) is 1. The molecular weight excluding hydrogens is 282 g/mol. The highest BCUT2D eigenvalue weighted by atomic mass is 16.5. The van der Waals surface area contributed by atoms with Crippen molar-refractivity contribution in [3.05, 3.63) is 47.9 Å². The zero-order valence-electron chi connectivity index (χ0n) is 12.8. The van der Waals surface area contributed by atoms with E-state index in [0.717, 1.165) is 12.3 Å². The van der Waals surface area contributed by atoms with Crippen LogP contribution in [-0.4, -0.2) is 38.1 Å². The first-order valence-corrected chi connectivity index (χ1v) is 7.05. The lowest BCUT2D eigenvalue weighted by atomic mass is 10.2. The van der Waals surface area contributed by atoms with E-state index >= 15 is 0 Å². The van der Waals surface area contributed by atoms with Crippen LogP contribution in [0, 0.1) is 0 Å². The van der Waals surface area contributed by atoms with E-state index in [1.54, 1.807) is 18.2 Å². The number of anilines is 1. The molecule has 6 heteroatoms. The fraction of sp³-hybridized carbons (Fsp3) is 0.312. The van der Waals surface area contributed by atoms with Crippen LogP contribution in [0.3, 0.4) is 0 Å². The van der Waals surface area contributed by atoms with E-state index in [1.165, 1.54) is 6.26 Å². The number of furan rings is 1. The molecule has 0 fully saturated rings. The van der Waals surface area contributed by atoms with E-state index in [-0.39, 0.29) is 12.5 Å². The average Bonchev–Trinajstić information content (AvgIpc) is 2.98. The zero-order valence-corrected chi connectivity index (χ0v) is 12.8. The van der Waals surface area contributed by atoms with E-state index in [1.807, 2.05) is 26.2 Å². The number of ether oxygens (including phenoxy) is 1. The van der Waals surface area contributed by atoms with Crippen LogP contribution in [0.4, 0.5) is 5.69 Å². The van der Waals surface area contributed by atoms with E-state index in [2.05, 4.69) is 10.2 Å². The SMILES string of the molecule is CN(C)CCOc1ccc(NC(=O)c2coc(CN)c2)cc1. The number of amides is 1. The van der Waals surface area contributed by atoms with Gasteiger partial charge in [-0.05, 0) is 44.4 Å². The molecule has 0 unspecified atom stereocenters. The molecule has 0 aliphatic heterocycles. The molecule has 6 nitrogen and oxygen atoms in total. The number of carbonyl (C=O) groups is 1. The minimum atomic E-state index is -0.232. The highest BCUT2D eigenvalue weighted by Gasteiger charge is 2.10. The van der Waals surface area contributed by atoms with E-state index in [0.29, 0.717) is 23.6 Å². The largest absolute Gasteiger partial charge is 0.492 e. The van der Waals surface area contributed by atoms with Gasteiger partial charge in [-0.25, -0.2) is 0 Å². The maximum absolute atomic E-state index is 12.0. The highest BCUT2D eigenvalue weighted by molar-refractivity contribution is 6.04. The number of nitrogens with one attached hydrogen (secondary N) is 1. The van der Waals surface area contributed by atoms with Crippen LogP contribution in [0.2, 0.25) is 0 Å². The van der Waals surface area contributed by atoms with Crippen LogP contribution in [0.1, 0.15) is 16.1 Å². The number of likely N-dealkylation sites (N-methyl/N-ethyl adjacent to an activating group) is 1. The van der Waals surface area contributed by atoms with Crippen LogP contribution < -0.4 is 15.8 Å². The van der Waals surface area contributed by atoms with Crippen LogP contribution in [0.15, 0.2) is 41.0 Å². The monoisotopic (exact) mass is 303 g/mol. The fourth-order valence-corrected chi connectivity index (χ4v) is 1.79. The van der Waals surface area contributed by atoms with E-state index < -0.39 is 0 Å². The molecule has 0 bridgehead atoms. The normalized spacial score (nSPS) is 10.7. The van der Waals surface area contributed by atoms with Crippen molar-refractivity contribution in [2.45, 2.75) is 6.54 Å². The summed E-state index contributed by atoms with van der Waals surface area (Å²) in [6, 6.07) is 8.88. The first kappa shape index (κ1) is 16.1. The van der Waals surface area contributed by atoms with Gasteiger partial charge in [0.2, 0.25) is 0 Å². The van der Waals surface area contributed by atoms with Crippen molar-refractivity contribution in [3.8, 4) is 5.75 Å². The van der Waals surface area contributed by atoms with Crippen molar-refractivity contribution in [3.63, 3.8) is 0 Å². The summed E-state index contributed by atoms with van der Waals surface area (Å²) in [6.07, 6.45) is 1.40. The lowest BCUT2D eigenvalue weighted by Gasteiger charge is -2.11. The van der Waals surface area contributed by atoms with Gasteiger partial charge in [0.15, 0.2) is 0 Å². The molecule has 0 radical (unpaired) electrons. The Labute approximate surface area is 129 Å². The number of hydrogen-bond acceptors (Lipinski definition) is 5. The van der Waals surface area contributed by atoms with Crippen LogP contribution in [-0.2, 0) is 6.54 Å². The quantitative estimate of drug-likeness (QED) is 0.817. The molecule has 1 aromatic heterocycles. The Balaban J connectivity index is 1.89. The van der Waals surface area contributed by atoms with Crippen LogP contribution in [0.25, 0.3) is 0 Å². The minimum Gasteiger partial charge on any atom is -0.492 e. The Morgan fingerprint density at radius 2 is 2.05 bits per heavy atom. The molecule has 0 saturated heterocycles. The van der Waals surface area contributed by atoms with Gasteiger partial charge < -0.3 is 25.1 Å². The average molecular weight is 303 g/mol. The van der Waals surface area contributed by atoms with E-state index in [4.69, 9.17) is 14.9 Å². The predicted octanol–water partition coefficient (Wildman–Crippen LogP) is 1.93. The summed E-state index contributed by atoms with van der Waals surface area (Å²) >= 11 is 0. The van der Waals surface area contributed by atoms with Crippen molar-refractivity contribution in [1.29, 1.82) is 0 Å². The number of nitrogens with two attached hydrogens (primary N) is 1. The molecule has 1 aromatic carbocycles. The third kappa shape index (κ3) is 4.61. The molecular formula is C16H21N3O3. The second-order valence-corrected chi connectivity index (χ2v) is 5.14. The van der Waals surface area contributed by atoms with Crippen LogP contribution in [0.5, 0.6) is 5.75 Å². The summed E-state index contributed by atoms with van der Waals surface area (Å²) < 4.78 is 10.7. The van der Waals surface area contributed by atoms with Gasteiger partial charge in [-0.15, -0.1) is 0 Å². The van der Waals surface area contributed by atoms with Crippen LogP contribution >= 0.6 is 0 Å². The maximum atomic E-state index is 12.0. The second kappa shape index (κ2) is 7.63. The molecule has 1 amide bonds. The maximum Gasteiger partial charge on any atom is 0.258 e. The third-order valence-corrected chi connectivity index (χ3v) is 3.04. The summed E-state index contributed by atoms with van der Waals surface area (Å²) in [5.74, 6) is 1.12. The lowest BCUT2D eigenvalue weighted by molar-refractivity contribution is 0.102. The van der Waals surface area contributed by atoms with Crippen molar-refractivity contribution >= 4 is 11.6 Å². The van der Waals surface area contributed by atoms with Crippen molar-refractivity contribution in [2.75, 3.05) is 32.6 Å².